The molecule has 5 aromatic carbocycles. The van der Waals surface area contributed by atoms with Crippen molar-refractivity contribution in [2.45, 2.75) is 63.6 Å². The van der Waals surface area contributed by atoms with Crippen molar-refractivity contribution in [1.82, 2.24) is 28.9 Å². The zero-order valence-electron chi connectivity index (χ0n) is 32.8. The summed E-state index contributed by atoms with van der Waals surface area (Å²) in [5.74, 6) is -2.39. The van der Waals surface area contributed by atoms with E-state index in [4.69, 9.17) is 9.47 Å². The maximum Gasteiger partial charge on any atom is 0.330 e. The summed E-state index contributed by atoms with van der Waals surface area (Å²) in [5, 5.41) is 26.9. The summed E-state index contributed by atoms with van der Waals surface area (Å²) in [6, 6.07) is 13.6. The van der Waals surface area contributed by atoms with Crippen molar-refractivity contribution in [2.75, 3.05) is 13.1 Å². The summed E-state index contributed by atoms with van der Waals surface area (Å²) in [7, 11) is 0. The highest BCUT2D eigenvalue weighted by Gasteiger charge is 2.44. The van der Waals surface area contributed by atoms with E-state index in [1.807, 2.05) is 0 Å². The number of imide groups is 2. The van der Waals surface area contributed by atoms with Gasteiger partial charge in [0.05, 0.1) is 25.3 Å². The summed E-state index contributed by atoms with van der Waals surface area (Å²) in [5.41, 5.74) is -0.971. The van der Waals surface area contributed by atoms with E-state index in [1.165, 1.54) is 35.4 Å². The molecule has 6 unspecified atom stereocenters. The van der Waals surface area contributed by atoms with Crippen LogP contribution >= 0.6 is 0 Å². The average molecular weight is 839 g/mol. The van der Waals surface area contributed by atoms with Crippen molar-refractivity contribution in [3.8, 4) is 0 Å². The number of aliphatic hydroxyl groups is 2. The van der Waals surface area contributed by atoms with Crippen LogP contribution in [0.2, 0.25) is 0 Å². The van der Waals surface area contributed by atoms with Gasteiger partial charge in [-0.2, -0.15) is 0 Å². The van der Waals surface area contributed by atoms with E-state index < -0.39 is 83.0 Å². The van der Waals surface area contributed by atoms with Crippen LogP contribution in [-0.2, 0) is 9.47 Å². The van der Waals surface area contributed by atoms with Crippen LogP contribution in [0.1, 0.15) is 77.9 Å². The van der Waals surface area contributed by atoms with Crippen molar-refractivity contribution in [1.29, 1.82) is 0 Å². The number of aliphatic hydroxyl groups excluding tert-OH is 2. The highest BCUT2D eigenvalue weighted by atomic mass is 16.5. The smallest absolute Gasteiger partial charge is 0.330 e. The van der Waals surface area contributed by atoms with Gasteiger partial charge < -0.3 is 19.7 Å². The fourth-order valence-corrected chi connectivity index (χ4v) is 9.76. The van der Waals surface area contributed by atoms with Crippen LogP contribution in [0.5, 0.6) is 0 Å². The summed E-state index contributed by atoms with van der Waals surface area (Å²) in [6.45, 7) is 2.45. The third kappa shape index (κ3) is 5.24. The number of carbonyl (C=O) groups is 4. The van der Waals surface area contributed by atoms with E-state index >= 15 is 0 Å². The molecule has 62 heavy (non-hydrogen) atoms. The summed E-state index contributed by atoms with van der Waals surface area (Å²) in [4.78, 5) is 112. The summed E-state index contributed by atoms with van der Waals surface area (Å²) >= 11 is 0. The molecule has 2 saturated heterocycles. The largest absolute Gasteiger partial charge is 0.390 e. The molecular formula is C44H34N6O12. The van der Waals surface area contributed by atoms with Crippen molar-refractivity contribution in [3.05, 3.63) is 136 Å². The second kappa shape index (κ2) is 13.2. The van der Waals surface area contributed by atoms with E-state index in [-0.39, 0.29) is 59.3 Å². The molecule has 6 atom stereocenters. The molecule has 7 aromatic rings. The number of rotatable bonds is 6. The monoisotopic (exact) mass is 838 g/mol. The molecule has 11 rings (SSSR count). The number of H-pyrrole nitrogens is 2. The predicted molar refractivity (Wildman–Crippen MR) is 220 cm³/mol. The van der Waals surface area contributed by atoms with E-state index in [0.717, 1.165) is 9.80 Å². The minimum Gasteiger partial charge on any atom is -0.390 e. The lowest BCUT2D eigenvalue weighted by Crippen LogP contribution is -2.46. The van der Waals surface area contributed by atoms with Gasteiger partial charge in [-0.3, -0.25) is 57.7 Å². The molecule has 4 N–H and O–H groups in total. The Labute approximate surface area is 346 Å². The van der Waals surface area contributed by atoms with Crippen molar-refractivity contribution >= 4 is 66.7 Å². The maximum absolute atomic E-state index is 14.2. The summed E-state index contributed by atoms with van der Waals surface area (Å²) < 4.78 is 14.4. The zero-order chi connectivity index (χ0) is 43.2. The first-order valence-corrected chi connectivity index (χ1v) is 19.9. The quantitative estimate of drug-likeness (QED) is 0.107. The topological polar surface area (TPSA) is 243 Å². The first kappa shape index (κ1) is 37.8. The Morgan fingerprint density at radius 2 is 0.839 bits per heavy atom. The first-order valence-electron chi connectivity index (χ1n) is 19.9. The molecule has 4 aliphatic rings. The van der Waals surface area contributed by atoms with Crippen LogP contribution in [-0.4, -0.2) is 100 Å². The number of aryl methyl sites for hydroxylation is 2. The Balaban J connectivity index is 0.925. The molecule has 0 saturated carbocycles. The van der Waals surface area contributed by atoms with Gasteiger partial charge in [-0.05, 0) is 70.4 Å². The van der Waals surface area contributed by atoms with Gasteiger partial charge in [0.15, 0.2) is 0 Å². The molecule has 2 fully saturated rings. The standard InChI is InChI=1S/C44H34N6O12/c1-17-13-47(43(59)45-37(17)53)31-11-27(51)29(61-31)15-49-39(55)23-7-3-19-21-5-9-25-36-26(10-6-22(34(21)36)20-4-8-24(40(49)56)35(23)33(19)20)42(58)50(41(25)57)16-30-28(52)12-32(62-30)48-14-18(2)38(54)46-44(48)60/h3-10,13-14,27-32,51-52H,11-12,15-16H2,1-2H3,(H,45,53,59)(H,46,54,60). The highest BCUT2D eigenvalue weighted by Crippen LogP contribution is 2.46. The van der Waals surface area contributed by atoms with Gasteiger partial charge >= 0.3 is 11.4 Å². The molecule has 0 radical (unpaired) electrons. The lowest BCUT2D eigenvalue weighted by Gasteiger charge is -2.32. The lowest BCUT2D eigenvalue weighted by atomic mass is 9.82. The first-order chi connectivity index (χ1) is 29.7. The molecule has 4 amide bonds. The van der Waals surface area contributed by atoms with Crippen molar-refractivity contribution in [2.24, 2.45) is 0 Å². The van der Waals surface area contributed by atoms with E-state index in [0.29, 0.717) is 43.1 Å². The number of nitrogens with one attached hydrogen (secondary N) is 2. The number of hydrogen-bond acceptors (Lipinski definition) is 12. The Morgan fingerprint density at radius 1 is 0.516 bits per heavy atom. The molecule has 0 spiro atoms. The van der Waals surface area contributed by atoms with Gasteiger partial charge in [-0.1, -0.05) is 24.3 Å². The van der Waals surface area contributed by atoms with Crippen LogP contribution < -0.4 is 22.5 Å². The molecule has 6 heterocycles. The second-order valence-electron chi connectivity index (χ2n) is 16.4. The Bertz CT molecular complexity index is 3110. The Hall–Kier alpha value is -7.12. The zero-order valence-corrected chi connectivity index (χ0v) is 32.8. The number of carbonyl (C=O) groups excluding carboxylic acids is 4. The van der Waals surface area contributed by atoms with Crippen LogP contribution in [0, 0.1) is 13.8 Å². The lowest BCUT2D eigenvalue weighted by molar-refractivity contribution is -0.0312. The van der Waals surface area contributed by atoms with Crippen LogP contribution in [0.4, 0.5) is 0 Å². The Kier molecular flexibility index (Phi) is 8.05. The number of fused-ring (bicyclic) bond motifs is 2. The van der Waals surface area contributed by atoms with Crippen LogP contribution in [0.15, 0.2) is 80.1 Å². The second-order valence-corrected chi connectivity index (χ2v) is 16.4. The molecule has 4 aliphatic heterocycles. The maximum atomic E-state index is 14.2. The average Bonchev–Trinajstić information content (AvgIpc) is 3.81. The van der Waals surface area contributed by atoms with Crippen LogP contribution in [0.25, 0.3) is 43.1 Å². The van der Waals surface area contributed by atoms with Crippen molar-refractivity contribution in [3.63, 3.8) is 0 Å². The van der Waals surface area contributed by atoms with Gasteiger partial charge in [0.2, 0.25) is 0 Å². The van der Waals surface area contributed by atoms with E-state index in [9.17, 15) is 48.6 Å². The molecule has 0 aliphatic carbocycles. The molecule has 18 heteroatoms. The van der Waals surface area contributed by atoms with Gasteiger partial charge in [0.1, 0.15) is 24.7 Å². The Morgan fingerprint density at radius 3 is 1.16 bits per heavy atom. The summed E-state index contributed by atoms with van der Waals surface area (Å²) in [6.07, 6.45) is -3.58. The fourth-order valence-electron chi connectivity index (χ4n) is 9.76. The highest BCUT2D eigenvalue weighted by molar-refractivity contribution is 6.41. The minimum atomic E-state index is -1.14. The minimum absolute atomic E-state index is 0.0179. The number of ether oxygens (including phenoxy) is 2. The number of aromatic nitrogens is 4. The molecule has 0 bridgehead atoms. The third-order valence-corrected chi connectivity index (χ3v) is 12.8. The van der Waals surface area contributed by atoms with Crippen molar-refractivity contribution < 1.29 is 38.9 Å². The molecule has 312 valence electrons. The van der Waals surface area contributed by atoms with Gasteiger partial charge in [0, 0.05) is 69.4 Å². The number of hydrogen-bond donors (Lipinski definition) is 4. The van der Waals surface area contributed by atoms with E-state index in [2.05, 4.69) is 9.97 Å². The number of aromatic amines is 2. The predicted octanol–water partition coefficient (Wildman–Crippen LogP) is 1.94. The normalized spacial score (nSPS) is 23.7. The molecule has 2 aromatic heterocycles. The van der Waals surface area contributed by atoms with Gasteiger partial charge in [-0.25, -0.2) is 9.59 Å². The third-order valence-electron chi connectivity index (χ3n) is 12.8. The number of benzene rings is 5. The van der Waals surface area contributed by atoms with Gasteiger partial charge in [0.25, 0.3) is 34.7 Å². The van der Waals surface area contributed by atoms with Crippen LogP contribution in [0.3, 0.4) is 0 Å². The van der Waals surface area contributed by atoms with Gasteiger partial charge in [-0.15, -0.1) is 0 Å². The number of nitrogens with zero attached hydrogens (tertiary/aromatic N) is 4. The number of amides is 4. The fraction of sp³-hybridized carbons (Fsp3) is 0.273. The SMILES string of the molecule is Cc1cn(C2CC(O)C(CN3C(=O)c4ccc5c6ccc7c8c(ccc(c9ccc(c4c59)C3=O)c86)C(=O)N(CC3OC(n4cc(C)c(=O)[nH]c4=O)CC3O)C7=O)O2)c(=O)[nH]c1=O. The van der Waals surface area contributed by atoms with E-state index in [1.54, 1.807) is 48.5 Å². The molecular weight excluding hydrogens is 805 g/mol. The molecule has 18 nitrogen and oxygen atoms in total.